The topological polar surface area (TPSA) is 43.1 Å². The van der Waals surface area contributed by atoms with Gasteiger partial charge >= 0.3 is 24.7 Å². The maximum atomic E-state index is 13.9. The maximum Gasteiger partial charge on any atom is 0.431 e. The molecule has 0 atom stereocenters. The predicted molar refractivity (Wildman–Crippen MR) is 80.1 cm³/mol. The van der Waals surface area contributed by atoms with Crippen LogP contribution in [0.25, 0.3) is 0 Å². The molecule has 1 radical (unpaired) electrons. The fourth-order valence-corrected chi connectivity index (χ4v) is 3.28. The van der Waals surface area contributed by atoms with Crippen molar-refractivity contribution in [3.05, 3.63) is 6.42 Å². The Morgan fingerprint density at radius 3 is 1.29 bits per heavy atom. The largest absolute Gasteiger partial charge is 0.431 e. The molecule has 0 aromatic carbocycles. The van der Waals surface area contributed by atoms with Gasteiger partial charge in [0, 0.05) is 18.6 Å². The van der Waals surface area contributed by atoms with Gasteiger partial charge in [0.15, 0.2) is 0 Å². The van der Waals surface area contributed by atoms with Crippen molar-refractivity contribution >= 4 is 17.7 Å². The molecule has 0 heterocycles. The van der Waals surface area contributed by atoms with Gasteiger partial charge in [0.05, 0.1) is 6.42 Å². The van der Waals surface area contributed by atoms with Crippen LogP contribution in [0, 0.1) is 12.3 Å². The van der Waals surface area contributed by atoms with Crippen molar-refractivity contribution in [2.75, 3.05) is 11.5 Å². The van der Waals surface area contributed by atoms with Gasteiger partial charge in [-0.3, -0.25) is 4.79 Å². The molecule has 0 fully saturated rings. The van der Waals surface area contributed by atoms with Crippen molar-refractivity contribution in [1.82, 2.24) is 0 Å². The highest BCUT2D eigenvalue weighted by molar-refractivity contribution is 7.99. The number of carbonyl (C=O) groups excluding carboxylic acids is 1. The molecule has 2 N–H and O–H groups in total. The third kappa shape index (κ3) is 7.44. The second-order valence-electron chi connectivity index (χ2n) is 6.34. The Morgan fingerprint density at radius 1 is 0.710 bits per heavy atom. The van der Waals surface area contributed by atoms with E-state index in [-0.39, 0.29) is 5.75 Å². The molecule has 185 valence electrons. The summed E-state index contributed by atoms with van der Waals surface area (Å²) in [6.45, 7) is 0. The number of rotatable bonds is 10. The first kappa shape index (κ1) is 29.8. The molecule has 1 amide bonds. The average molecular weight is 510 g/mol. The number of hydrogen-bond acceptors (Lipinski definition) is 2. The van der Waals surface area contributed by atoms with Crippen molar-refractivity contribution in [2.24, 2.45) is 11.7 Å². The zero-order valence-electron chi connectivity index (χ0n) is 14.9. The third-order valence-corrected chi connectivity index (χ3v) is 4.94. The smallest absolute Gasteiger partial charge is 0.369 e. The Balaban J connectivity index is 5.97. The third-order valence-electron chi connectivity index (χ3n) is 4.01. The van der Waals surface area contributed by atoms with E-state index < -0.39 is 72.9 Å². The molecule has 0 aliphatic carbocycles. The number of alkyl halides is 14. The summed E-state index contributed by atoms with van der Waals surface area (Å²) in [7, 11) is 0. The van der Waals surface area contributed by atoms with Crippen LogP contribution in [0.15, 0.2) is 0 Å². The molecule has 0 aliphatic heterocycles. The zero-order valence-corrected chi connectivity index (χ0v) is 15.7. The van der Waals surface area contributed by atoms with Crippen LogP contribution >= 0.6 is 11.8 Å². The van der Waals surface area contributed by atoms with Crippen LogP contribution in [-0.2, 0) is 4.79 Å². The van der Waals surface area contributed by atoms with E-state index in [2.05, 4.69) is 5.73 Å². The van der Waals surface area contributed by atoms with Crippen molar-refractivity contribution < 1.29 is 66.3 Å². The van der Waals surface area contributed by atoms with E-state index in [1.165, 1.54) is 0 Å². The molecule has 0 aromatic rings. The van der Waals surface area contributed by atoms with Crippen LogP contribution in [-0.4, -0.2) is 53.5 Å². The molecule has 0 spiro atoms. The van der Waals surface area contributed by atoms with E-state index >= 15 is 0 Å². The average Bonchev–Trinajstić information content (AvgIpc) is 2.49. The van der Waals surface area contributed by atoms with Crippen LogP contribution in [0.5, 0.6) is 0 Å². The second kappa shape index (κ2) is 9.77. The Bertz CT molecular complexity index is 526. The first-order valence-corrected chi connectivity index (χ1v) is 9.00. The number of hydrogen-bond donors (Lipinski definition) is 1. The fraction of sp³-hybridized carbons (Fsp3) is 0.857. The normalized spacial score (nSPS) is 14.9. The summed E-state index contributed by atoms with van der Waals surface area (Å²) in [5.74, 6) is -5.12. The van der Waals surface area contributed by atoms with Gasteiger partial charge < -0.3 is 5.73 Å². The molecule has 0 aliphatic rings. The summed E-state index contributed by atoms with van der Waals surface area (Å²) in [5, 5.41) is 0. The lowest BCUT2D eigenvalue weighted by Gasteiger charge is -2.37. The molecule has 0 aromatic heterocycles. The van der Waals surface area contributed by atoms with Crippen molar-refractivity contribution in [2.45, 2.75) is 55.3 Å². The summed E-state index contributed by atoms with van der Waals surface area (Å²) in [6, 6.07) is 0. The molecule has 0 saturated carbocycles. The highest BCUT2D eigenvalue weighted by Gasteiger charge is 2.75. The van der Waals surface area contributed by atoms with Gasteiger partial charge in [0.2, 0.25) is 5.91 Å². The van der Waals surface area contributed by atoms with Crippen LogP contribution in [0.1, 0.15) is 19.3 Å². The molecular formula is C14H14F14NOS. The minimum absolute atomic E-state index is 0.360. The van der Waals surface area contributed by atoms with Gasteiger partial charge in [-0.15, -0.1) is 0 Å². The van der Waals surface area contributed by atoms with Gasteiger partial charge in [-0.25, -0.2) is 8.78 Å². The van der Waals surface area contributed by atoms with Crippen LogP contribution in [0.3, 0.4) is 0 Å². The minimum atomic E-state index is -6.76. The number of thioether (sulfide) groups is 1. The monoisotopic (exact) mass is 510 g/mol. The van der Waals surface area contributed by atoms with Crippen molar-refractivity contribution in [3.8, 4) is 0 Å². The molecule has 0 rings (SSSR count). The molecule has 17 heteroatoms. The molecule has 0 saturated heterocycles. The zero-order chi connectivity index (χ0) is 25.1. The molecule has 2 nitrogen and oxygen atoms in total. The van der Waals surface area contributed by atoms with Gasteiger partial charge in [-0.1, -0.05) is 0 Å². The van der Waals surface area contributed by atoms with Gasteiger partial charge in [-0.05, 0) is 18.1 Å². The Kier molecular flexibility index (Phi) is 9.40. The number of amides is 1. The summed E-state index contributed by atoms with van der Waals surface area (Å²) in [4.78, 5) is 10.5. The summed E-state index contributed by atoms with van der Waals surface area (Å²) in [5.41, 5.74) is -7.69. The predicted octanol–water partition coefficient (Wildman–Crippen LogP) is 5.86. The highest BCUT2D eigenvalue weighted by atomic mass is 32.2. The molecule has 0 bridgehead atoms. The lowest BCUT2D eigenvalue weighted by molar-refractivity contribution is -0.356. The van der Waals surface area contributed by atoms with E-state index in [4.69, 9.17) is 0 Å². The van der Waals surface area contributed by atoms with Crippen LogP contribution in [0.4, 0.5) is 61.5 Å². The second-order valence-corrected chi connectivity index (χ2v) is 7.49. The first-order chi connectivity index (χ1) is 13.5. The van der Waals surface area contributed by atoms with Crippen LogP contribution in [0.2, 0.25) is 0 Å². The van der Waals surface area contributed by atoms with E-state index in [9.17, 15) is 66.3 Å². The first-order valence-electron chi connectivity index (χ1n) is 7.84. The number of nitrogens with two attached hydrogens (primary N) is 1. The van der Waals surface area contributed by atoms with Gasteiger partial charge in [-0.2, -0.15) is 64.4 Å². The van der Waals surface area contributed by atoms with E-state index in [1.54, 1.807) is 0 Å². The fourth-order valence-electron chi connectivity index (χ4n) is 2.33. The lowest BCUT2D eigenvalue weighted by atomic mass is 9.81. The Morgan fingerprint density at radius 2 is 1.03 bits per heavy atom. The van der Waals surface area contributed by atoms with E-state index in [0.29, 0.717) is 11.8 Å². The number of carbonyl (C=O) groups is 1. The number of halogens is 14. The quantitative estimate of drug-likeness (QED) is 0.296. The molecular weight excluding hydrogens is 496 g/mol. The van der Waals surface area contributed by atoms with E-state index in [1.807, 2.05) is 0 Å². The van der Waals surface area contributed by atoms with E-state index in [0.717, 1.165) is 6.42 Å². The maximum absolute atomic E-state index is 13.9. The standard InChI is InChI=1S/C14H14F14NOS/c15-9(11(17,18)19,12(20,21)22)5-7(1-3-31-4-2-8(29)30)6-10(16,13(23,24)25)14(26,27)28/h2,7H,1,3-6H2,(H2,29,30). The minimum Gasteiger partial charge on any atom is -0.369 e. The Hall–Kier alpha value is -1.16. The summed E-state index contributed by atoms with van der Waals surface area (Å²) < 4.78 is 180. The van der Waals surface area contributed by atoms with Crippen molar-refractivity contribution in [3.63, 3.8) is 0 Å². The number of primary amides is 1. The van der Waals surface area contributed by atoms with Crippen molar-refractivity contribution in [1.29, 1.82) is 0 Å². The Labute approximate surface area is 169 Å². The SMILES string of the molecule is NC(=O)[CH]CSCCC(CC(F)(C(F)(F)F)C(F)(F)F)CC(F)(C(F)(F)F)C(F)(F)F. The van der Waals surface area contributed by atoms with Gasteiger partial charge in [0.1, 0.15) is 0 Å². The molecule has 0 unspecified atom stereocenters. The van der Waals surface area contributed by atoms with Crippen LogP contribution < -0.4 is 5.73 Å². The summed E-state index contributed by atoms with van der Waals surface area (Å²) >= 11 is 0.466. The summed E-state index contributed by atoms with van der Waals surface area (Å²) in [6.07, 6.45) is -33.5. The molecule has 31 heavy (non-hydrogen) atoms. The lowest BCUT2D eigenvalue weighted by Crippen LogP contribution is -2.57. The highest BCUT2D eigenvalue weighted by Crippen LogP contribution is 2.54. The van der Waals surface area contributed by atoms with Gasteiger partial charge in [0.25, 0.3) is 11.3 Å².